The maximum atomic E-state index is 12.2. The van der Waals surface area contributed by atoms with Crippen LogP contribution in [0.1, 0.15) is 29.8 Å². The predicted molar refractivity (Wildman–Crippen MR) is 126 cm³/mol. The number of pyridine rings is 2. The highest BCUT2D eigenvalue weighted by molar-refractivity contribution is 6.08. The van der Waals surface area contributed by atoms with Crippen LogP contribution in [0.2, 0.25) is 0 Å². The number of hydrogen-bond donors (Lipinski definition) is 3. The van der Waals surface area contributed by atoms with Crippen molar-refractivity contribution in [2.45, 2.75) is 19.3 Å². The molecule has 0 aliphatic carbocycles. The number of aromatic nitrogens is 2. The van der Waals surface area contributed by atoms with Gasteiger partial charge in [0, 0.05) is 29.0 Å². The number of nitrogen functional groups attached to an aromatic ring is 1. The zero-order valence-electron chi connectivity index (χ0n) is 17.8. The van der Waals surface area contributed by atoms with Crippen LogP contribution in [0.3, 0.4) is 0 Å². The summed E-state index contributed by atoms with van der Waals surface area (Å²) < 4.78 is 0. The molecule has 0 bridgehead atoms. The number of carbonyl (C=O) groups excluding carboxylic acids is 1. The van der Waals surface area contributed by atoms with Crippen molar-refractivity contribution in [2.24, 2.45) is 5.73 Å². The highest BCUT2D eigenvalue weighted by Crippen LogP contribution is 2.33. The summed E-state index contributed by atoms with van der Waals surface area (Å²) in [5.41, 5.74) is 15.8. The van der Waals surface area contributed by atoms with E-state index in [1.165, 1.54) is 6.20 Å². The van der Waals surface area contributed by atoms with Gasteiger partial charge >= 0.3 is 0 Å². The largest absolute Gasteiger partial charge is 0.384 e. The Bertz CT molecular complexity index is 1350. The number of benzene rings is 2. The number of amides is 1. The lowest BCUT2D eigenvalue weighted by Crippen LogP contribution is -2.15. The van der Waals surface area contributed by atoms with Gasteiger partial charge in [-0.25, -0.2) is 4.98 Å². The molecule has 0 spiro atoms. The highest BCUT2D eigenvalue weighted by Gasteiger charge is 2.20. The standard InChI is InChI=1S/C25H22N6O/c1-25(2,14-26)17-5-7-18(8-6-17)31-23-19-11-15(16-4-10-22(27)30-12-16)3-9-21(19)29-13-20(23)24(28)32/h3-13H,1-2H3,(H2,27,30)(H2,28,32)(H,29,31). The summed E-state index contributed by atoms with van der Waals surface area (Å²) in [6, 6.07) is 19.2. The molecule has 7 nitrogen and oxygen atoms in total. The van der Waals surface area contributed by atoms with Gasteiger partial charge in [0.25, 0.3) is 5.91 Å². The fourth-order valence-electron chi connectivity index (χ4n) is 3.45. The van der Waals surface area contributed by atoms with E-state index in [2.05, 4.69) is 21.4 Å². The second-order valence-corrected chi connectivity index (χ2v) is 8.05. The molecule has 5 N–H and O–H groups in total. The fraction of sp³-hybridized carbons (Fsp3) is 0.120. The van der Waals surface area contributed by atoms with Crippen molar-refractivity contribution in [1.29, 1.82) is 5.26 Å². The second-order valence-electron chi connectivity index (χ2n) is 8.05. The Balaban J connectivity index is 1.82. The van der Waals surface area contributed by atoms with Gasteiger partial charge < -0.3 is 16.8 Å². The van der Waals surface area contributed by atoms with Gasteiger partial charge in [0.05, 0.1) is 28.3 Å². The van der Waals surface area contributed by atoms with Gasteiger partial charge in [0.15, 0.2) is 0 Å². The van der Waals surface area contributed by atoms with Crippen LogP contribution in [0.4, 0.5) is 17.2 Å². The zero-order valence-corrected chi connectivity index (χ0v) is 17.8. The average Bonchev–Trinajstić information content (AvgIpc) is 2.79. The molecule has 0 aliphatic heterocycles. The summed E-state index contributed by atoms with van der Waals surface area (Å²) in [5, 5.41) is 13.4. The lowest BCUT2D eigenvalue weighted by atomic mass is 9.86. The van der Waals surface area contributed by atoms with Crippen molar-refractivity contribution in [3.63, 3.8) is 0 Å². The normalized spacial score (nSPS) is 11.2. The quantitative estimate of drug-likeness (QED) is 0.433. The zero-order chi connectivity index (χ0) is 22.9. The summed E-state index contributed by atoms with van der Waals surface area (Å²) in [5.74, 6) is -0.138. The van der Waals surface area contributed by atoms with Crippen LogP contribution in [0.5, 0.6) is 0 Å². The Morgan fingerprint density at radius 1 is 1.00 bits per heavy atom. The fourth-order valence-corrected chi connectivity index (χ4v) is 3.45. The van der Waals surface area contributed by atoms with Gasteiger partial charge in [-0.05, 0) is 61.4 Å². The summed E-state index contributed by atoms with van der Waals surface area (Å²) in [4.78, 5) is 20.7. The van der Waals surface area contributed by atoms with Crippen LogP contribution < -0.4 is 16.8 Å². The number of hydrogen-bond acceptors (Lipinski definition) is 6. The predicted octanol–water partition coefficient (Wildman–Crippen LogP) is 4.52. The van der Waals surface area contributed by atoms with Crippen molar-refractivity contribution in [2.75, 3.05) is 11.1 Å². The molecule has 4 rings (SSSR count). The topological polar surface area (TPSA) is 131 Å². The molecule has 2 heterocycles. The van der Waals surface area contributed by atoms with Crippen molar-refractivity contribution in [3.8, 4) is 17.2 Å². The summed E-state index contributed by atoms with van der Waals surface area (Å²) in [6.07, 6.45) is 3.18. The molecule has 0 radical (unpaired) electrons. The number of nitrogens with two attached hydrogens (primary N) is 2. The van der Waals surface area contributed by atoms with Crippen LogP contribution >= 0.6 is 0 Å². The molecular formula is C25H22N6O. The molecule has 158 valence electrons. The molecule has 0 fully saturated rings. The minimum absolute atomic E-state index is 0.284. The number of anilines is 3. The van der Waals surface area contributed by atoms with Gasteiger partial charge in [-0.2, -0.15) is 5.26 Å². The minimum Gasteiger partial charge on any atom is -0.384 e. The first-order valence-corrected chi connectivity index (χ1v) is 10.0. The van der Waals surface area contributed by atoms with Crippen LogP contribution in [0.15, 0.2) is 67.0 Å². The van der Waals surface area contributed by atoms with Crippen LogP contribution in [0.25, 0.3) is 22.0 Å². The molecule has 2 aromatic carbocycles. The molecular weight excluding hydrogens is 400 g/mol. The number of nitrogens with zero attached hydrogens (tertiary/aromatic N) is 3. The van der Waals surface area contributed by atoms with E-state index < -0.39 is 11.3 Å². The molecule has 0 saturated carbocycles. The van der Waals surface area contributed by atoms with E-state index in [4.69, 9.17) is 11.5 Å². The number of nitrogens with one attached hydrogen (secondary N) is 1. The number of primary amides is 1. The first-order chi connectivity index (χ1) is 15.3. The lowest BCUT2D eigenvalue weighted by molar-refractivity contribution is 0.100. The Hall–Kier alpha value is -4.44. The van der Waals surface area contributed by atoms with E-state index in [-0.39, 0.29) is 5.56 Å². The van der Waals surface area contributed by atoms with Crippen molar-refractivity contribution >= 4 is 34.0 Å². The van der Waals surface area contributed by atoms with Gasteiger partial charge in [0.1, 0.15) is 5.82 Å². The SMILES string of the molecule is CC(C)(C#N)c1ccc(Nc2c(C(N)=O)cnc3ccc(-c4ccc(N)nc4)cc23)cc1. The number of carbonyl (C=O) groups is 1. The summed E-state index contributed by atoms with van der Waals surface area (Å²) >= 11 is 0. The van der Waals surface area contributed by atoms with Crippen LogP contribution in [-0.4, -0.2) is 15.9 Å². The third-order valence-corrected chi connectivity index (χ3v) is 5.41. The first-order valence-electron chi connectivity index (χ1n) is 10.0. The minimum atomic E-state index is -0.595. The maximum absolute atomic E-state index is 12.2. The third-order valence-electron chi connectivity index (χ3n) is 5.41. The average molecular weight is 422 g/mol. The number of nitriles is 1. The van der Waals surface area contributed by atoms with Crippen LogP contribution in [0, 0.1) is 11.3 Å². The third kappa shape index (κ3) is 3.94. The first kappa shape index (κ1) is 20.8. The molecule has 1 amide bonds. The van der Waals surface area contributed by atoms with E-state index in [1.54, 1.807) is 12.3 Å². The Labute approximate surface area is 185 Å². The van der Waals surface area contributed by atoms with E-state index in [1.807, 2.05) is 62.4 Å². The molecule has 0 aliphatic rings. The van der Waals surface area contributed by atoms with Crippen molar-refractivity contribution in [3.05, 3.63) is 78.1 Å². The highest BCUT2D eigenvalue weighted by atomic mass is 16.1. The Morgan fingerprint density at radius 3 is 2.34 bits per heavy atom. The second kappa shape index (κ2) is 8.00. The number of rotatable bonds is 5. The lowest BCUT2D eigenvalue weighted by Gasteiger charge is -2.17. The molecule has 0 unspecified atom stereocenters. The maximum Gasteiger partial charge on any atom is 0.252 e. The molecule has 0 atom stereocenters. The van der Waals surface area contributed by atoms with Crippen LogP contribution in [-0.2, 0) is 5.41 Å². The van der Waals surface area contributed by atoms with E-state index in [9.17, 15) is 10.1 Å². The monoisotopic (exact) mass is 422 g/mol. The van der Waals surface area contributed by atoms with Crippen molar-refractivity contribution < 1.29 is 4.79 Å². The van der Waals surface area contributed by atoms with Crippen molar-refractivity contribution in [1.82, 2.24) is 9.97 Å². The van der Waals surface area contributed by atoms with Gasteiger partial charge in [-0.15, -0.1) is 0 Å². The molecule has 32 heavy (non-hydrogen) atoms. The van der Waals surface area contributed by atoms with Gasteiger partial charge in [-0.3, -0.25) is 9.78 Å². The van der Waals surface area contributed by atoms with E-state index >= 15 is 0 Å². The molecule has 0 saturated heterocycles. The molecule has 7 heteroatoms. The summed E-state index contributed by atoms with van der Waals surface area (Å²) in [7, 11) is 0. The van der Waals surface area contributed by atoms with Gasteiger partial charge in [0.2, 0.25) is 0 Å². The Kier molecular flexibility index (Phi) is 5.21. The smallest absolute Gasteiger partial charge is 0.252 e. The molecule has 2 aromatic heterocycles. The van der Waals surface area contributed by atoms with E-state index in [0.29, 0.717) is 17.0 Å². The van der Waals surface area contributed by atoms with E-state index in [0.717, 1.165) is 27.8 Å². The number of fused-ring (bicyclic) bond motifs is 1. The Morgan fingerprint density at radius 2 is 1.72 bits per heavy atom. The summed E-state index contributed by atoms with van der Waals surface area (Å²) in [6.45, 7) is 3.73. The molecule has 4 aromatic rings. The van der Waals surface area contributed by atoms with Gasteiger partial charge in [-0.1, -0.05) is 18.2 Å².